The van der Waals surface area contributed by atoms with Gasteiger partial charge in [0.25, 0.3) is 0 Å². The first-order valence-corrected chi connectivity index (χ1v) is 4.39. The quantitative estimate of drug-likeness (QED) is 0.703. The lowest BCUT2D eigenvalue weighted by molar-refractivity contribution is 0.904. The monoisotopic (exact) mass is 174 g/mol. The van der Waals surface area contributed by atoms with Crippen LogP contribution in [0.2, 0.25) is 0 Å². The third-order valence-electron chi connectivity index (χ3n) is 2.00. The van der Waals surface area contributed by atoms with E-state index in [1.54, 1.807) is 0 Å². The number of anilines is 1. The van der Waals surface area contributed by atoms with E-state index in [2.05, 4.69) is 36.1 Å². The lowest BCUT2D eigenvalue weighted by Crippen LogP contribution is -2.17. The summed E-state index contributed by atoms with van der Waals surface area (Å²) in [6, 6.07) is 10.4. The van der Waals surface area contributed by atoms with Gasteiger partial charge in [-0.3, -0.25) is 0 Å². The SMILES string of the molecule is Cc1cccc(N(C)CCC#N)c1. The second-order valence-corrected chi connectivity index (χ2v) is 3.17. The molecular formula is C11H14N2. The molecule has 0 atom stereocenters. The number of benzene rings is 1. The first kappa shape index (κ1) is 9.60. The van der Waals surface area contributed by atoms with E-state index in [0.29, 0.717) is 6.42 Å². The molecule has 0 aliphatic heterocycles. The van der Waals surface area contributed by atoms with Gasteiger partial charge < -0.3 is 4.90 Å². The summed E-state index contributed by atoms with van der Waals surface area (Å²) in [5, 5.41) is 8.44. The molecule has 0 amide bonds. The van der Waals surface area contributed by atoms with Gasteiger partial charge in [-0.1, -0.05) is 12.1 Å². The number of hydrogen-bond acceptors (Lipinski definition) is 2. The molecule has 2 nitrogen and oxygen atoms in total. The van der Waals surface area contributed by atoms with E-state index in [4.69, 9.17) is 5.26 Å². The predicted octanol–water partition coefficient (Wildman–Crippen LogP) is 2.34. The molecule has 2 heteroatoms. The van der Waals surface area contributed by atoms with Crippen LogP contribution in [-0.2, 0) is 0 Å². The van der Waals surface area contributed by atoms with Crippen LogP contribution in [0.5, 0.6) is 0 Å². The third-order valence-corrected chi connectivity index (χ3v) is 2.00. The fourth-order valence-electron chi connectivity index (χ4n) is 1.21. The van der Waals surface area contributed by atoms with Gasteiger partial charge in [0.1, 0.15) is 0 Å². The Morgan fingerprint density at radius 2 is 2.23 bits per heavy atom. The molecule has 0 radical (unpaired) electrons. The van der Waals surface area contributed by atoms with Crippen LogP contribution < -0.4 is 4.90 Å². The van der Waals surface area contributed by atoms with Crippen molar-refractivity contribution in [3.05, 3.63) is 29.8 Å². The Morgan fingerprint density at radius 1 is 1.46 bits per heavy atom. The van der Waals surface area contributed by atoms with Gasteiger partial charge >= 0.3 is 0 Å². The Kier molecular flexibility index (Phi) is 3.33. The third kappa shape index (κ3) is 2.79. The molecule has 0 unspecified atom stereocenters. The zero-order valence-electron chi connectivity index (χ0n) is 8.12. The summed E-state index contributed by atoms with van der Waals surface area (Å²) >= 11 is 0. The maximum atomic E-state index is 8.44. The van der Waals surface area contributed by atoms with E-state index in [1.807, 2.05) is 13.1 Å². The standard InChI is InChI=1S/C11H14N2/c1-10-5-3-6-11(9-10)13(2)8-4-7-12/h3,5-6,9H,4,8H2,1-2H3. The van der Waals surface area contributed by atoms with Gasteiger partial charge in [-0.05, 0) is 24.6 Å². The highest BCUT2D eigenvalue weighted by Gasteiger charge is 1.98. The van der Waals surface area contributed by atoms with Crippen molar-refractivity contribution in [1.82, 2.24) is 0 Å². The van der Waals surface area contributed by atoms with E-state index >= 15 is 0 Å². The number of nitrogens with zero attached hydrogens (tertiary/aromatic N) is 2. The van der Waals surface area contributed by atoms with E-state index in [9.17, 15) is 0 Å². The topological polar surface area (TPSA) is 27.0 Å². The molecule has 0 saturated heterocycles. The average molecular weight is 174 g/mol. The van der Waals surface area contributed by atoms with Crippen molar-refractivity contribution < 1.29 is 0 Å². The molecule has 1 rings (SSSR count). The normalized spacial score (nSPS) is 9.31. The molecule has 0 fully saturated rings. The average Bonchev–Trinajstić information content (AvgIpc) is 2.14. The lowest BCUT2D eigenvalue weighted by Gasteiger charge is -2.17. The van der Waals surface area contributed by atoms with Crippen LogP contribution in [-0.4, -0.2) is 13.6 Å². The summed E-state index contributed by atoms with van der Waals surface area (Å²) in [7, 11) is 2.01. The molecule has 1 aromatic carbocycles. The van der Waals surface area contributed by atoms with Crippen LogP contribution in [0.3, 0.4) is 0 Å². The highest BCUT2D eigenvalue weighted by molar-refractivity contribution is 5.47. The summed E-state index contributed by atoms with van der Waals surface area (Å²) in [4.78, 5) is 2.09. The lowest BCUT2D eigenvalue weighted by atomic mass is 10.2. The molecule has 0 N–H and O–H groups in total. The zero-order valence-corrected chi connectivity index (χ0v) is 8.12. The number of rotatable bonds is 3. The highest BCUT2D eigenvalue weighted by atomic mass is 15.1. The minimum Gasteiger partial charge on any atom is -0.374 e. The van der Waals surface area contributed by atoms with Gasteiger partial charge in [0.2, 0.25) is 0 Å². The van der Waals surface area contributed by atoms with Crippen molar-refractivity contribution >= 4 is 5.69 Å². The molecule has 0 heterocycles. The van der Waals surface area contributed by atoms with Crippen molar-refractivity contribution in [1.29, 1.82) is 5.26 Å². The second-order valence-electron chi connectivity index (χ2n) is 3.17. The van der Waals surface area contributed by atoms with Crippen LogP contribution in [0, 0.1) is 18.3 Å². The maximum absolute atomic E-state index is 8.44. The minimum atomic E-state index is 0.574. The van der Waals surface area contributed by atoms with Gasteiger partial charge in [0, 0.05) is 19.3 Å². The Bertz CT molecular complexity index is 312. The summed E-state index contributed by atoms with van der Waals surface area (Å²) < 4.78 is 0. The zero-order chi connectivity index (χ0) is 9.68. The smallest absolute Gasteiger partial charge is 0.0640 e. The number of hydrogen-bond donors (Lipinski definition) is 0. The van der Waals surface area contributed by atoms with Crippen LogP contribution in [0.4, 0.5) is 5.69 Å². The minimum absolute atomic E-state index is 0.574. The maximum Gasteiger partial charge on any atom is 0.0640 e. The van der Waals surface area contributed by atoms with Crippen LogP contribution in [0.15, 0.2) is 24.3 Å². The Labute approximate surface area is 79.4 Å². The van der Waals surface area contributed by atoms with Gasteiger partial charge in [0.15, 0.2) is 0 Å². The molecule has 0 aromatic heterocycles. The molecule has 0 saturated carbocycles. The van der Waals surface area contributed by atoms with Crippen molar-refractivity contribution in [3.63, 3.8) is 0 Å². The van der Waals surface area contributed by atoms with Crippen LogP contribution in [0.25, 0.3) is 0 Å². The number of nitriles is 1. The van der Waals surface area contributed by atoms with Gasteiger partial charge in [0.05, 0.1) is 12.5 Å². The first-order valence-electron chi connectivity index (χ1n) is 4.39. The molecule has 68 valence electrons. The largest absolute Gasteiger partial charge is 0.374 e. The van der Waals surface area contributed by atoms with Crippen molar-refractivity contribution in [3.8, 4) is 6.07 Å². The highest BCUT2D eigenvalue weighted by Crippen LogP contribution is 2.13. The summed E-state index contributed by atoms with van der Waals surface area (Å²) in [6.07, 6.45) is 0.574. The van der Waals surface area contributed by atoms with Gasteiger partial charge in [-0.2, -0.15) is 5.26 Å². The van der Waals surface area contributed by atoms with E-state index in [-0.39, 0.29) is 0 Å². The fraction of sp³-hybridized carbons (Fsp3) is 0.364. The summed E-state index contributed by atoms with van der Waals surface area (Å²) in [5.74, 6) is 0. The first-order chi connectivity index (χ1) is 6.24. The van der Waals surface area contributed by atoms with E-state index < -0.39 is 0 Å². The number of aryl methyl sites for hydroxylation is 1. The van der Waals surface area contributed by atoms with Crippen molar-refractivity contribution in [2.24, 2.45) is 0 Å². The Balaban J connectivity index is 2.66. The Morgan fingerprint density at radius 3 is 2.85 bits per heavy atom. The van der Waals surface area contributed by atoms with Crippen LogP contribution >= 0.6 is 0 Å². The van der Waals surface area contributed by atoms with Gasteiger partial charge in [-0.15, -0.1) is 0 Å². The summed E-state index contributed by atoms with van der Waals surface area (Å²) in [5.41, 5.74) is 2.43. The van der Waals surface area contributed by atoms with E-state index in [0.717, 1.165) is 6.54 Å². The molecule has 0 aliphatic rings. The van der Waals surface area contributed by atoms with Crippen molar-refractivity contribution in [2.45, 2.75) is 13.3 Å². The predicted molar refractivity (Wildman–Crippen MR) is 54.7 cm³/mol. The second kappa shape index (κ2) is 4.51. The molecule has 13 heavy (non-hydrogen) atoms. The molecule has 0 spiro atoms. The molecular weight excluding hydrogens is 160 g/mol. The van der Waals surface area contributed by atoms with Gasteiger partial charge in [-0.25, -0.2) is 0 Å². The van der Waals surface area contributed by atoms with Crippen molar-refractivity contribution in [2.75, 3.05) is 18.5 Å². The Hall–Kier alpha value is -1.49. The molecule has 0 bridgehead atoms. The molecule has 1 aromatic rings. The summed E-state index contributed by atoms with van der Waals surface area (Å²) in [6.45, 7) is 2.86. The van der Waals surface area contributed by atoms with Crippen LogP contribution in [0.1, 0.15) is 12.0 Å². The molecule has 0 aliphatic carbocycles. The van der Waals surface area contributed by atoms with E-state index in [1.165, 1.54) is 11.3 Å². The fourth-order valence-corrected chi connectivity index (χ4v) is 1.21.